The summed E-state index contributed by atoms with van der Waals surface area (Å²) in [4.78, 5) is 7.17. The van der Waals surface area contributed by atoms with Crippen molar-refractivity contribution in [3.8, 4) is 0 Å². The first kappa shape index (κ1) is 22.1. The Bertz CT molecular complexity index is 802. The smallest absolute Gasteiger partial charge is 0.191 e. The second-order valence-electron chi connectivity index (χ2n) is 8.16. The molecule has 162 valence electrons. The second-order valence-corrected chi connectivity index (χ2v) is 10.4. The van der Waals surface area contributed by atoms with Crippen molar-refractivity contribution in [3.05, 3.63) is 35.4 Å². The number of benzene rings is 1. The van der Waals surface area contributed by atoms with Crippen LogP contribution in [0.5, 0.6) is 0 Å². The third-order valence-electron chi connectivity index (χ3n) is 5.33. The van der Waals surface area contributed by atoms with Gasteiger partial charge in [-0.25, -0.2) is 13.4 Å². The van der Waals surface area contributed by atoms with Gasteiger partial charge in [-0.2, -0.15) is 0 Å². The number of morpholine rings is 1. The van der Waals surface area contributed by atoms with E-state index < -0.39 is 9.84 Å². The van der Waals surface area contributed by atoms with Gasteiger partial charge in [-0.15, -0.1) is 0 Å². The van der Waals surface area contributed by atoms with Gasteiger partial charge >= 0.3 is 0 Å². The van der Waals surface area contributed by atoms with Crippen LogP contribution in [0.1, 0.15) is 38.3 Å². The van der Waals surface area contributed by atoms with Crippen LogP contribution in [0.4, 0.5) is 0 Å². The van der Waals surface area contributed by atoms with Crippen LogP contribution in [-0.4, -0.2) is 68.7 Å². The number of aliphatic imine (C=N–C) groups is 1. The van der Waals surface area contributed by atoms with Gasteiger partial charge in [-0.05, 0) is 38.3 Å². The molecule has 1 aromatic rings. The van der Waals surface area contributed by atoms with Crippen LogP contribution in [0.15, 0.2) is 29.3 Å². The monoisotopic (exact) mass is 422 g/mol. The lowest BCUT2D eigenvalue weighted by molar-refractivity contribution is -0.0705. The molecule has 2 N–H and O–H groups in total. The maximum absolute atomic E-state index is 11.7. The number of hydrogen-bond donors (Lipinski definition) is 2. The fourth-order valence-electron chi connectivity index (χ4n) is 4.11. The second kappa shape index (κ2) is 9.91. The molecule has 2 fully saturated rings. The van der Waals surface area contributed by atoms with Crippen LogP contribution in [0.2, 0.25) is 0 Å². The number of guanidine groups is 1. The van der Waals surface area contributed by atoms with Gasteiger partial charge in [0.15, 0.2) is 15.8 Å². The largest absolute Gasteiger partial charge is 0.373 e. The lowest BCUT2D eigenvalue weighted by Crippen LogP contribution is -2.45. The molecule has 2 heterocycles. The molecule has 3 unspecified atom stereocenters. The molecule has 0 bridgehead atoms. The molecule has 2 saturated heterocycles. The lowest BCUT2D eigenvalue weighted by Gasteiger charge is -2.35. The van der Waals surface area contributed by atoms with Crippen LogP contribution in [0, 0.1) is 0 Å². The van der Waals surface area contributed by atoms with Crippen molar-refractivity contribution in [2.45, 2.75) is 58.5 Å². The summed E-state index contributed by atoms with van der Waals surface area (Å²) in [6, 6.07) is 8.34. The minimum absolute atomic E-state index is 0.0654. The molecule has 7 nitrogen and oxygen atoms in total. The molecule has 2 aliphatic rings. The molecule has 0 amide bonds. The fraction of sp³-hybridized carbons (Fsp3) is 0.667. The predicted molar refractivity (Wildman–Crippen MR) is 117 cm³/mol. The van der Waals surface area contributed by atoms with E-state index in [1.54, 1.807) is 0 Å². The van der Waals surface area contributed by atoms with Crippen LogP contribution in [0.25, 0.3) is 0 Å². The summed E-state index contributed by atoms with van der Waals surface area (Å²) in [5, 5.41) is 6.52. The molecule has 29 heavy (non-hydrogen) atoms. The molecule has 2 aliphatic heterocycles. The normalized spacial score (nSPS) is 27.7. The zero-order valence-corrected chi connectivity index (χ0v) is 18.5. The van der Waals surface area contributed by atoms with E-state index in [2.05, 4.69) is 47.6 Å². The minimum Gasteiger partial charge on any atom is -0.373 e. The lowest BCUT2D eigenvalue weighted by atomic mass is 10.1. The SMILES string of the molecule is CCNC(=NCc1ccccc1CN1CC(C)OC(C)C1)NC1CCS(=O)(=O)C1. The highest BCUT2D eigenvalue weighted by molar-refractivity contribution is 7.91. The Morgan fingerprint density at radius 2 is 1.90 bits per heavy atom. The standard InChI is InChI=1S/C21H34N4O3S/c1-4-22-21(24-20-9-10-29(26,27)15-20)23-11-18-7-5-6-8-19(18)14-25-12-16(2)28-17(3)13-25/h5-8,16-17,20H,4,9-15H2,1-3H3,(H2,22,23,24). The predicted octanol–water partition coefficient (Wildman–Crippen LogP) is 1.54. The molecule has 0 spiro atoms. The Morgan fingerprint density at radius 1 is 1.21 bits per heavy atom. The van der Waals surface area contributed by atoms with E-state index in [1.807, 2.05) is 13.0 Å². The summed E-state index contributed by atoms with van der Waals surface area (Å²) < 4.78 is 29.3. The van der Waals surface area contributed by atoms with Crippen molar-refractivity contribution in [2.24, 2.45) is 4.99 Å². The molecular weight excluding hydrogens is 388 g/mol. The van der Waals surface area contributed by atoms with Gasteiger partial charge in [-0.3, -0.25) is 4.90 Å². The van der Waals surface area contributed by atoms with Gasteiger partial charge in [0.1, 0.15) is 0 Å². The molecule has 0 aromatic heterocycles. The van der Waals surface area contributed by atoms with Gasteiger partial charge in [0.05, 0.1) is 30.3 Å². The van der Waals surface area contributed by atoms with Gasteiger partial charge in [-0.1, -0.05) is 24.3 Å². The van der Waals surface area contributed by atoms with Crippen molar-refractivity contribution >= 4 is 15.8 Å². The van der Waals surface area contributed by atoms with Crippen LogP contribution in [-0.2, 0) is 27.7 Å². The number of sulfone groups is 1. The van der Waals surface area contributed by atoms with Crippen LogP contribution < -0.4 is 10.6 Å². The Labute approximate surface area is 174 Å². The Morgan fingerprint density at radius 3 is 2.52 bits per heavy atom. The molecule has 1 aromatic carbocycles. The average molecular weight is 423 g/mol. The highest BCUT2D eigenvalue weighted by Crippen LogP contribution is 2.18. The van der Waals surface area contributed by atoms with E-state index in [0.717, 1.165) is 26.2 Å². The third kappa shape index (κ3) is 6.69. The molecular formula is C21H34N4O3S. The van der Waals surface area contributed by atoms with Crippen molar-refractivity contribution in [1.29, 1.82) is 0 Å². The fourth-order valence-corrected chi connectivity index (χ4v) is 5.78. The summed E-state index contributed by atoms with van der Waals surface area (Å²) in [7, 11) is -2.92. The maximum atomic E-state index is 11.7. The van der Waals surface area contributed by atoms with Crippen molar-refractivity contribution in [3.63, 3.8) is 0 Å². The molecule has 8 heteroatoms. The van der Waals surface area contributed by atoms with Gasteiger partial charge in [0, 0.05) is 32.2 Å². The molecule has 0 radical (unpaired) electrons. The summed E-state index contributed by atoms with van der Waals surface area (Å²) in [6.45, 7) is 10.3. The summed E-state index contributed by atoms with van der Waals surface area (Å²) in [5.74, 6) is 1.11. The number of ether oxygens (including phenoxy) is 1. The number of nitrogens with one attached hydrogen (secondary N) is 2. The van der Waals surface area contributed by atoms with E-state index >= 15 is 0 Å². The minimum atomic E-state index is -2.92. The van der Waals surface area contributed by atoms with Crippen LogP contribution >= 0.6 is 0 Å². The van der Waals surface area contributed by atoms with E-state index in [1.165, 1.54) is 11.1 Å². The Kier molecular flexibility index (Phi) is 7.54. The van der Waals surface area contributed by atoms with E-state index in [-0.39, 0.29) is 29.8 Å². The summed E-state index contributed by atoms with van der Waals surface area (Å²) in [6.07, 6.45) is 1.13. The van der Waals surface area contributed by atoms with E-state index in [4.69, 9.17) is 9.73 Å². The Balaban J connectivity index is 1.66. The number of rotatable bonds is 6. The van der Waals surface area contributed by atoms with Crippen LogP contribution in [0.3, 0.4) is 0 Å². The van der Waals surface area contributed by atoms with Gasteiger partial charge < -0.3 is 15.4 Å². The number of hydrogen-bond acceptors (Lipinski definition) is 5. The van der Waals surface area contributed by atoms with Crippen molar-refractivity contribution < 1.29 is 13.2 Å². The zero-order chi connectivity index (χ0) is 20.9. The zero-order valence-electron chi connectivity index (χ0n) is 17.7. The summed E-state index contributed by atoms with van der Waals surface area (Å²) >= 11 is 0. The Hall–Kier alpha value is -1.64. The highest BCUT2D eigenvalue weighted by atomic mass is 32.2. The molecule has 0 saturated carbocycles. The molecule has 0 aliphatic carbocycles. The average Bonchev–Trinajstić information content (AvgIpc) is 2.98. The highest BCUT2D eigenvalue weighted by Gasteiger charge is 2.28. The van der Waals surface area contributed by atoms with Crippen molar-refractivity contribution in [1.82, 2.24) is 15.5 Å². The number of nitrogens with zero attached hydrogens (tertiary/aromatic N) is 2. The molecule has 3 atom stereocenters. The third-order valence-corrected chi connectivity index (χ3v) is 7.10. The van der Waals surface area contributed by atoms with E-state index in [9.17, 15) is 8.42 Å². The summed E-state index contributed by atoms with van der Waals surface area (Å²) in [5.41, 5.74) is 2.47. The molecule has 3 rings (SSSR count). The van der Waals surface area contributed by atoms with Crippen molar-refractivity contribution in [2.75, 3.05) is 31.1 Å². The quantitative estimate of drug-likeness (QED) is 0.535. The first-order valence-corrected chi connectivity index (χ1v) is 12.4. The topological polar surface area (TPSA) is 83.0 Å². The maximum Gasteiger partial charge on any atom is 0.191 e. The van der Waals surface area contributed by atoms with Gasteiger partial charge in [0.2, 0.25) is 0 Å². The van der Waals surface area contributed by atoms with Gasteiger partial charge in [0.25, 0.3) is 0 Å². The first-order valence-electron chi connectivity index (χ1n) is 10.5. The van der Waals surface area contributed by atoms with E-state index in [0.29, 0.717) is 18.9 Å². The first-order chi connectivity index (χ1) is 13.8.